The van der Waals surface area contributed by atoms with Crippen LogP contribution in [-0.2, 0) is 6.61 Å². The molecule has 11 heteroatoms. The number of nitrogens with zero attached hydrogens (tertiary/aromatic N) is 3. The molecule has 0 bridgehead atoms. The first-order valence-corrected chi connectivity index (χ1v) is 7.66. The highest BCUT2D eigenvalue weighted by Gasteiger charge is 2.03. The highest BCUT2D eigenvalue weighted by atomic mass is 35.5. The second-order valence-corrected chi connectivity index (χ2v) is 5.40. The average molecular weight is 400 g/mol. The lowest BCUT2D eigenvalue weighted by molar-refractivity contribution is -0.742. The topological polar surface area (TPSA) is 149 Å². The number of nitrogens with two attached hydrogens (primary N) is 2. The van der Waals surface area contributed by atoms with Gasteiger partial charge in [-0.3, -0.25) is 0 Å². The molecule has 0 atom stereocenters. The zero-order valence-corrected chi connectivity index (χ0v) is 14.8. The van der Waals surface area contributed by atoms with Gasteiger partial charge in [-0.1, -0.05) is 41.4 Å². The summed E-state index contributed by atoms with van der Waals surface area (Å²) in [5.41, 5.74) is 12.1. The smallest absolute Gasteiger partial charge is 0.291 e. The maximum absolute atomic E-state index is 8.36. The van der Waals surface area contributed by atoms with Crippen LogP contribution in [0.15, 0.2) is 52.7 Å². The zero-order valence-electron chi connectivity index (χ0n) is 13.3. The molecule has 26 heavy (non-hydrogen) atoms. The minimum atomic E-state index is -1.50. The molecule has 0 aliphatic heterocycles. The van der Waals surface area contributed by atoms with Gasteiger partial charge in [0, 0.05) is 5.56 Å². The first kappa shape index (κ1) is 21.0. The molecule has 138 valence electrons. The van der Waals surface area contributed by atoms with Gasteiger partial charge in [0.1, 0.15) is 12.4 Å². The number of guanidine groups is 1. The lowest BCUT2D eigenvalue weighted by Gasteiger charge is -2.09. The minimum Gasteiger partial charge on any atom is -0.488 e. The molecule has 0 saturated carbocycles. The second-order valence-electron chi connectivity index (χ2n) is 4.58. The molecule has 0 saturated heterocycles. The largest absolute Gasteiger partial charge is 0.488 e. The maximum atomic E-state index is 8.36. The van der Waals surface area contributed by atoms with Crippen LogP contribution in [0.4, 0.5) is 0 Å². The van der Waals surface area contributed by atoms with Crippen molar-refractivity contribution < 1.29 is 15.0 Å². The molecule has 0 unspecified atom stereocenters. The van der Waals surface area contributed by atoms with Crippen molar-refractivity contribution in [1.29, 1.82) is 0 Å². The van der Waals surface area contributed by atoms with E-state index in [2.05, 4.69) is 10.2 Å². The van der Waals surface area contributed by atoms with Crippen LogP contribution in [0, 0.1) is 10.1 Å². The van der Waals surface area contributed by atoms with Gasteiger partial charge in [-0.25, -0.2) is 0 Å². The normalized spacial score (nSPS) is 9.92. The van der Waals surface area contributed by atoms with Crippen LogP contribution in [0.5, 0.6) is 5.75 Å². The van der Waals surface area contributed by atoms with Gasteiger partial charge in [-0.2, -0.15) is 5.10 Å². The van der Waals surface area contributed by atoms with E-state index < -0.39 is 5.09 Å². The number of hydrogen-bond donors (Lipinski definition) is 3. The van der Waals surface area contributed by atoms with Gasteiger partial charge >= 0.3 is 0 Å². The van der Waals surface area contributed by atoms with Gasteiger partial charge in [0.2, 0.25) is 5.96 Å². The first-order chi connectivity index (χ1) is 12.3. The molecular formula is C15H15Cl2N5O4. The van der Waals surface area contributed by atoms with E-state index in [0.717, 1.165) is 11.1 Å². The Labute approximate surface area is 158 Å². The molecule has 5 N–H and O–H groups in total. The SMILES string of the molecule is NC(N)=N/N=C/c1ccccc1OCc1ccc(Cl)c(Cl)c1.O=[N+]([O-])O. The van der Waals surface area contributed by atoms with Crippen LogP contribution in [0.2, 0.25) is 10.0 Å². The predicted molar refractivity (Wildman–Crippen MR) is 99.4 cm³/mol. The summed E-state index contributed by atoms with van der Waals surface area (Å²) in [6, 6.07) is 12.7. The molecule has 0 aliphatic carbocycles. The van der Waals surface area contributed by atoms with Crippen LogP contribution in [0.1, 0.15) is 11.1 Å². The summed E-state index contributed by atoms with van der Waals surface area (Å²) in [5.74, 6) is 0.550. The van der Waals surface area contributed by atoms with E-state index in [1.54, 1.807) is 12.1 Å². The van der Waals surface area contributed by atoms with Crippen molar-refractivity contribution in [3.8, 4) is 5.75 Å². The predicted octanol–water partition coefficient (Wildman–Crippen LogP) is 2.83. The molecule has 9 nitrogen and oxygen atoms in total. The quantitative estimate of drug-likeness (QED) is 0.304. The summed E-state index contributed by atoms with van der Waals surface area (Å²) in [4.78, 5) is 8.36. The molecule has 0 aromatic heterocycles. The second kappa shape index (κ2) is 10.7. The van der Waals surface area contributed by atoms with Crippen molar-refractivity contribution in [3.05, 3.63) is 73.8 Å². The molecule has 2 aromatic rings. The Morgan fingerprint density at radius 1 is 1.23 bits per heavy atom. The Bertz CT molecular complexity index is 806. The number of ether oxygens (including phenoxy) is 1. The fraction of sp³-hybridized carbons (Fsp3) is 0.0667. The van der Waals surface area contributed by atoms with Crippen LogP contribution in [0.3, 0.4) is 0 Å². The highest BCUT2D eigenvalue weighted by molar-refractivity contribution is 6.42. The Hall–Kier alpha value is -3.04. The first-order valence-electron chi connectivity index (χ1n) is 6.90. The van der Waals surface area contributed by atoms with Gasteiger partial charge in [0.05, 0.1) is 16.3 Å². The Balaban J connectivity index is 0.000000765. The molecule has 0 radical (unpaired) electrons. The Kier molecular flexibility index (Phi) is 8.68. The molecule has 0 aliphatic rings. The van der Waals surface area contributed by atoms with Crippen molar-refractivity contribution in [2.75, 3.05) is 0 Å². The fourth-order valence-electron chi connectivity index (χ4n) is 1.67. The van der Waals surface area contributed by atoms with E-state index in [1.165, 1.54) is 6.21 Å². The lowest BCUT2D eigenvalue weighted by Crippen LogP contribution is -2.21. The van der Waals surface area contributed by atoms with Crippen LogP contribution in [0.25, 0.3) is 0 Å². The monoisotopic (exact) mass is 399 g/mol. The van der Waals surface area contributed by atoms with Gasteiger partial charge in [-0.15, -0.1) is 15.2 Å². The molecule has 0 amide bonds. The van der Waals surface area contributed by atoms with E-state index in [-0.39, 0.29) is 5.96 Å². The number of benzene rings is 2. The van der Waals surface area contributed by atoms with E-state index >= 15 is 0 Å². The van der Waals surface area contributed by atoms with Crippen molar-refractivity contribution in [2.45, 2.75) is 6.61 Å². The van der Waals surface area contributed by atoms with Gasteiger partial charge in [0.15, 0.2) is 0 Å². The maximum Gasteiger partial charge on any atom is 0.291 e. The van der Waals surface area contributed by atoms with Crippen LogP contribution in [-0.4, -0.2) is 22.5 Å². The number of halogens is 2. The fourth-order valence-corrected chi connectivity index (χ4v) is 1.99. The van der Waals surface area contributed by atoms with Gasteiger partial charge in [-0.05, 0) is 29.8 Å². The van der Waals surface area contributed by atoms with Crippen molar-refractivity contribution in [1.82, 2.24) is 0 Å². The summed E-state index contributed by atoms with van der Waals surface area (Å²) in [6.07, 6.45) is 1.52. The van der Waals surface area contributed by atoms with Crippen LogP contribution >= 0.6 is 23.2 Å². The van der Waals surface area contributed by atoms with E-state index in [9.17, 15) is 0 Å². The van der Waals surface area contributed by atoms with Gasteiger partial charge < -0.3 is 21.4 Å². The summed E-state index contributed by atoms with van der Waals surface area (Å²) < 4.78 is 5.77. The lowest BCUT2D eigenvalue weighted by atomic mass is 10.2. The molecular weight excluding hydrogens is 385 g/mol. The number of hydrogen-bond acceptors (Lipinski definition) is 5. The summed E-state index contributed by atoms with van der Waals surface area (Å²) >= 11 is 11.9. The Morgan fingerprint density at radius 3 is 2.50 bits per heavy atom. The third-order valence-electron chi connectivity index (χ3n) is 2.67. The molecule has 2 aromatic carbocycles. The highest BCUT2D eigenvalue weighted by Crippen LogP contribution is 2.24. The third kappa shape index (κ3) is 8.18. The minimum absolute atomic E-state index is 0.106. The van der Waals surface area contributed by atoms with E-state index in [1.807, 2.05) is 30.3 Å². The van der Waals surface area contributed by atoms with Crippen molar-refractivity contribution in [2.24, 2.45) is 21.7 Å². The summed E-state index contributed by atoms with van der Waals surface area (Å²) in [5, 5.41) is 22.0. The molecule has 0 heterocycles. The zero-order chi connectivity index (χ0) is 19.5. The average Bonchev–Trinajstić information content (AvgIpc) is 2.56. The van der Waals surface area contributed by atoms with Crippen molar-refractivity contribution >= 4 is 35.4 Å². The molecule has 0 spiro atoms. The molecule has 0 fully saturated rings. The number of para-hydroxylation sites is 1. The summed E-state index contributed by atoms with van der Waals surface area (Å²) in [7, 11) is 0. The third-order valence-corrected chi connectivity index (χ3v) is 3.41. The van der Waals surface area contributed by atoms with E-state index in [0.29, 0.717) is 22.4 Å². The van der Waals surface area contributed by atoms with Crippen LogP contribution < -0.4 is 16.2 Å². The summed E-state index contributed by atoms with van der Waals surface area (Å²) in [6.45, 7) is 0.351. The van der Waals surface area contributed by atoms with Crippen molar-refractivity contribution in [3.63, 3.8) is 0 Å². The number of rotatable bonds is 5. The Morgan fingerprint density at radius 2 is 1.88 bits per heavy atom. The molecule has 2 rings (SSSR count). The standard InChI is InChI=1S/C15H14Cl2N4O.HNO3/c16-12-6-5-10(7-13(12)17)9-22-14-4-2-1-3-11(14)8-20-21-15(18)19;2-1(3)4/h1-8H,9H2,(H4,18,19,21);(H,2,3,4)/b20-8+;. The van der Waals surface area contributed by atoms with E-state index in [4.69, 9.17) is 54.7 Å². The van der Waals surface area contributed by atoms with Gasteiger partial charge in [0.25, 0.3) is 5.09 Å².